The zero-order chi connectivity index (χ0) is 24.9. The van der Waals surface area contributed by atoms with Gasteiger partial charge in [-0.1, -0.05) is 51.6 Å². The summed E-state index contributed by atoms with van der Waals surface area (Å²) in [6, 6.07) is 3.26. The van der Waals surface area contributed by atoms with Gasteiger partial charge >= 0.3 is 0 Å². The first-order chi connectivity index (χ1) is 15.5. The van der Waals surface area contributed by atoms with Crippen LogP contribution in [0.2, 0.25) is 10.0 Å². The van der Waals surface area contributed by atoms with Crippen LogP contribution in [0.15, 0.2) is 27.9 Å². The maximum atomic E-state index is 6.25. The van der Waals surface area contributed by atoms with Crippen molar-refractivity contribution in [3.63, 3.8) is 0 Å². The zero-order valence-corrected chi connectivity index (χ0v) is 23.0. The van der Waals surface area contributed by atoms with Crippen molar-refractivity contribution in [3.05, 3.63) is 32.7 Å². The average molecular weight is 560 g/mol. The van der Waals surface area contributed by atoms with Gasteiger partial charge in [-0.2, -0.15) is 0 Å². The average Bonchev–Trinajstić information content (AvgIpc) is 2.68. The molecule has 0 atom stereocenters. The van der Waals surface area contributed by atoms with E-state index in [9.17, 15) is 0 Å². The Kier molecular flexibility index (Phi) is 14.4. The molecule has 6 nitrogen and oxygen atoms in total. The van der Waals surface area contributed by atoms with Gasteiger partial charge in [-0.15, -0.1) is 0 Å². The fourth-order valence-electron chi connectivity index (χ4n) is 2.31. The summed E-state index contributed by atoms with van der Waals surface area (Å²) < 4.78 is 16.9. The lowest BCUT2D eigenvalue weighted by molar-refractivity contribution is 0.161. The maximum absolute atomic E-state index is 6.25. The summed E-state index contributed by atoms with van der Waals surface area (Å²) in [6.07, 6.45) is 4.15. The van der Waals surface area contributed by atoms with Crippen LogP contribution < -0.4 is 14.8 Å². The van der Waals surface area contributed by atoms with Gasteiger partial charge in [0.15, 0.2) is 5.75 Å². The van der Waals surface area contributed by atoms with Crippen molar-refractivity contribution in [1.82, 2.24) is 5.32 Å². The van der Waals surface area contributed by atoms with Crippen molar-refractivity contribution in [2.45, 2.75) is 52.5 Å². The molecule has 1 aromatic carbocycles. The molecule has 11 heteroatoms. The van der Waals surface area contributed by atoms with Crippen molar-refractivity contribution in [3.8, 4) is 11.5 Å². The normalized spacial score (nSPS) is 11.7. The lowest BCUT2D eigenvalue weighted by Crippen LogP contribution is -2.40. The highest BCUT2D eigenvalue weighted by Gasteiger charge is 2.12. The number of nitrogens with one attached hydrogen (secondary N) is 1. The van der Waals surface area contributed by atoms with Crippen molar-refractivity contribution in [2.24, 2.45) is 5.16 Å². The van der Waals surface area contributed by atoms with Gasteiger partial charge in [0.2, 0.25) is 0 Å². The Hall–Kier alpha value is -0.960. The van der Waals surface area contributed by atoms with Crippen molar-refractivity contribution in [1.29, 1.82) is 0 Å². The summed E-state index contributed by atoms with van der Waals surface area (Å²) in [5.41, 5.74) is 0.530. The molecule has 1 N–H and O–H groups in total. The molecule has 0 heterocycles. The van der Waals surface area contributed by atoms with E-state index in [0.29, 0.717) is 47.1 Å². The molecule has 0 saturated carbocycles. The molecule has 0 radical (unpaired) electrons. The van der Waals surface area contributed by atoms with Crippen LogP contribution in [0.1, 0.15) is 47.0 Å². The molecule has 0 aliphatic rings. The number of nitrogens with zero attached hydrogens (tertiary/aromatic N) is 1. The Balaban J connectivity index is 2.22. The molecule has 1 rings (SSSR count). The fraction of sp³-hybridized carbons (Fsp3) is 0.545. The fourth-order valence-corrected chi connectivity index (χ4v) is 3.36. The Bertz CT molecular complexity index is 802. The number of unbranched alkanes of at least 4 members (excludes halogenated alkanes) is 2. The molecule has 186 valence electrons. The molecule has 0 amide bonds. The molecule has 33 heavy (non-hydrogen) atoms. The molecule has 0 aliphatic carbocycles. The van der Waals surface area contributed by atoms with Crippen molar-refractivity contribution >= 4 is 69.5 Å². The minimum absolute atomic E-state index is 0.128. The predicted octanol–water partition coefficient (Wildman–Crippen LogP) is 7.32. The largest absolute Gasteiger partial charge is 0.490 e. The highest BCUT2D eigenvalue weighted by Crippen LogP contribution is 2.37. The van der Waals surface area contributed by atoms with Gasteiger partial charge < -0.3 is 24.4 Å². The summed E-state index contributed by atoms with van der Waals surface area (Å²) in [7, 11) is 0. The molecular weight excluding hydrogens is 530 g/mol. The van der Waals surface area contributed by atoms with Crippen LogP contribution in [0.25, 0.3) is 0 Å². The predicted molar refractivity (Wildman–Crippen MR) is 142 cm³/mol. The van der Waals surface area contributed by atoms with E-state index in [2.05, 4.69) is 10.5 Å². The van der Waals surface area contributed by atoms with Gasteiger partial charge in [-0.25, -0.2) is 0 Å². The maximum Gasteiger partial charge on any atom is 0.289 e. The summed E-state index contributed by atoms with van der Waals surface area (Å²) in [6.45, 7) is 9.45. The molecule has 1 aromatic rings. The molecular formula is C22H30Cl4N2O4S. The lowest BCUT2D eigenvalue weighted by Gasteiger charge is -2.20. The van der Waals surface area contributed by atoms with Crippen LogP contribution >= 0.6 is 58.6 Å². The third kappa shape index (κ3) is 14.8. The van der Waals surface area contributed by atoms with E-state index in [1.165, 1.54) is 6.08 Å². The van der Waals surface area contributed by atoms with Gasteiger partial charge in [-0.3, -0.25) is 0 Å². The number of thiocarbonyl (C=S) groups is 1. The van der Waals surface area contributed by atoms with Gasteiger partial charge in [0.25, 0.3) is 5.17 Å². The zero-order valence-electron chi connectivity index (χ0n) is 19.2. The minimum Gasteiger partial charge on any atom is -0.490 e. The third-order valence-electron chi connectivity index (χ3n) is 3.71. The highest BCUT2D eigenvalue weighted by atomic mass is 35.5. The molecule has 0 fully saturated rings. The summed E-state index contributed by atoms with van der Waals surface area (Å²) in [5.74, 6) is 0.926. The van der Waals surface area contributed by atoms with Gasteiger partial charge in [-0.05, 0) is 65.3 Å². The summed E-state index contributed by atoms with van der Waals surface area (Å²) >= 11 is 28.7. The number of benzene rings is 1. The lowest BCUT2D eigenvalue weighted by atomic mass is 10.1. The molecule has 0 aliphatic heterocycles. The van der Waals surface area contributed by atoms with Crippen LogP contribution in [-0.4, -0.2) is 42.9 Å². The van der Waals surface area contributed by atoms with E-state index in [4.69, 9.17) is 77.7 Å². The minimum atomic E-state index is -0.174. The van der Waals surface area contributed by atoms with Gasteiger partial charge in [0, 0.05) is 24.3 Å². The Morgan fingerprint density at radius 1 is 1.06 bits per heavy atom. The van der Waals surface area contributed by atoms with E-state index >= 15 is 0 Å². The van der Waals surface area contributed by atoms with E-state index in [1.807, 2.05) is 27.7 Å². The Morgan fingerprint density at radius 3 is 2.30 bits per heavy atom. The molecule has 0 saturated heterocycles. The number of halogens is 4. The smallest absolute Gasteiger partial charge is 0.289 e. The number of oxime groups is 1. The Labute approximate surface area is 221 Å². The van der Waals surface area contributed by atoms with E-state index in [0.717, 1.165) is 19.3 Å². The molecule has 0 spiro atoms. The second-order valence-electron chi connectivity index (χ2n) is 8.06. The number of hydrogen-bond donors (Lipinski definition) is 1. The third-order valence-corrected chi connectivity index (χ3v) is 4.76. The van der Waals surface area contributed by atoms with Crippen molar-refractivity contribution < 1.29 is 19.0 Å². The van der Waals surface area contributed by atoms with Crippen LogP contribution in [0.4, 0.5) is 0 Å². The summed E-state index contributed by atoms with van der Waals surface area (Å²) in [5, 5.41) is 7.95. The number of ether oxygens (including phenoxy) is 3. The van der Waals surface area contributed by atoms with Crippen LogP contribution in [0, 0.1) is 0 Å². The SMILES string of the molecule is CC(COCCCCCOc1c(Cl)cc(OCC=C(Cl)Cl)cc1Cl)=NOC(=S)NC(C)(C)C. The molecule has 0 aromatic heterocycles. The van der Waals surface area contributed by atoms with Crippen LogP contribution in [0.3, 0.4) is 0 Å². The second kappa shape index (κ2) is 15.8. The first-order valence-electron chi connectivity index (χ1n) is 10.3. The van der Waals surface area contributed by atoms with E-state index in [1.54, 1.807) is 12.1 Å². The van der Waals surface area contributed by atoms with Gasteiger partial charge in [0.05, 0.1) is 29.0 Å². The van der Waals surface area contributed by atoms with Crippen molar-refractivity contribution in [2.75, 3.05) is 26.4 Å². The molecule has 0 unspecified atom stereocenters. The van der Waals surface area contributed by atoms with Gasteiger partial charge in [0.1, 0.15) is 16.8 Å². The standard InChI is InChI=1S/C22H30Cl4N2O4S/c1-15(28-32-21(33)27-22(2,3)4)14-29-9-6-5-7-10-31-20-17(23)12-16(13-18(20)24)30-11-8-19(25)26/h8,12-13H,5-7,9-11,14H2,1-4H3,(H,27,33). The highest BCUT2D eigenvalue weighted by molar-refractivity contribution is 7.80. The second-order valence-corrected chi connectivity index (χ2v) is 10.3. The van der Waals surface area contributed by atoms with E-state index < -0.39 is 0 Å². The number of rotatable bonds is 13. The van der Waals surface area contributed by atoms with Crippen LogP contribution in [0.5, 0.6) is 11.5 Å². The number of hydrogen-bond acceptors (Lipinski definition) is 6. The quantitative estimate of drug-likeness (QED) is 0.118. The Morgan fingerprint density at radius 2 is 1.70 bits per heavy atom. The first-order valence-corrected chi connectivity index (χ1v) is 12.3. The topological polar surface area (TPSA) is 61.3 Å². The first kappa shape index (κ1) is 30.1. The molecule has 0 bridgehead atoms. The monoisotopic (exact) mass is 558 g/mol. The van der Waals surface area contributed by atoms with E-state index in [-0.39, 0.29) is 21.8 Å². The summed E-state index contributed by atoms with van der Waals surface area (Å²) in [4.78, 5) is 5.16. The van der Waals surface area contributed by atoms with Crippen LogP contribution in [-0.2, 0) is 9.57 Å².